The summed E-state index contributed by atoms with van der Waals surface area (Å²) < 4.78 is 7.16. The van der Waals surface area contributed by atoms with E-state index < -0.39 is 0 Å². The Labute approximate surface area is 185 Å². The van der Waals surface area contributed by atoms with Gasteiger partial charge in [0.05, 0.1) is 12.2 Å². The van der Waals surface area contributed by atoms with Gasteiger partial charge in [0.15, 0.2) is 5.96 Å². The summed E-state index contributed by atoms with van der Waals surface area (Å²) in [5, 5.41) is 11.2. The maximum Gasteiger partial charge on any atom is 0.191 e. The molecule has 1 aliphatic carbocycles. The van der Waals surface area contributed by atoms with Crippen LogP contribution in [0.2, 0.25) is 0 Å². The number of hydrogen-bond donors (Lipinski definition) is 2. The van der Waals surface area contributed by atoms with Crippen molar-refractivity contribution >= 4 is 29.9 Å². The molecule has 0 atom stereocenters. The second-order valence-corrected chi connectivity index (χ2v) is 7.27. The lowest BCUT2D eigenvalue weighted by Gasteiger charge is -2.42. The molecule has 2 N–H and O–H groups in total. The number of ether oxygens (including phenoxy) is 1. The summed E-state index contributed by atoms with van der Waals surface area (Å²) in [6.07, 6.45) is 8.72. The normalized spacial score (nSPS) is 15.4. The Morgan fingerprint density at radius 1 is 1.29 bits per heavy atom. The molecule has 1 saturated carbocycles. The van der Waals surface area contributed by atoms with Gasteiger partial charge in [0, 0.05) is 39.2 Å². The Morgan fingerprint density at radius 3 is 2.79 bits per heavy atom. The monoisotopic (exact) mass is 497 g/mol. The number of hydrogen-bond acceptors (Lipinski definition) is 3. The number of nitrogens with zero attached hydrogens (tertiary/aromatic N) is 3. The lowest BCUT2D eigenvalue weighted by molar-refractivity contribution is 0.0732. The number of aliphatic imine (C=N–C) groups is 1. The van der Waals surface area contributed by atoms with E-state index >= 15 is 0 Å². The fourth-order valence-corrected chi connectivity index (χ4v) is 3.51. The van der Waals surface area contributed by atoms with Crippen molar-refractivity contribution < 1.29 is 4.74 Å². The minimum absolute atomic E-state index is 0. The average Bonchev–Trinajstić information content (AvgIpc) is 3.20. The third-order valence-corrected chi connectivity index (χ3v) is 5.33. The smallest absolute Gasteiger partial charge is 0.191 e. The molecule has 1 heterocycles. The van der Waals surface area contributed by atoms with Crippen LogP contribution in [0.4, 0.5) is 0 Å². The van der Waals surface area contributed by atoms with Gasteiger partial charge >= 0.3 is 0 Å². The van der Waals surface area contributed by atoms with Gasteiger partial charge in [0.25, 0.3) is 0 Å². The van der Waals surface area contributed by atoms with E-state index in [1.165, 1.54) is 19.3 Å². The number of halogens is 1. The van der Waals surface area contributed by atoms with Crippen LogP contribution in [0.5, 0.6) is 0 Å². The summed E-state index contributed by atoms with van der Waals surface area (Å²) >= 11 is 0. The molecule has 0 spiro atoms. The van der Waals surface area contributed by atoms with E-state index in [2.05, 4.69) is 46.9 Å². The Hall–Kier alpha value is -1.61. The Balaban J connectivity index is 0.00000280. The molecule has 0 aliphatic heterocycles. The van der Waals surface area contributed by atoms with E-state index in [1.807, 2.05) is 16.9 Å². The van der Waals surface area contributed by atoms with Crippen molar-refractivity contribution in [1.29, 1.82) is 0 Å². The number of benzene rings is 1. The molecule has 6 nitrogen and oxygen atoms in total. The maximum absolute atomic E-state index is 5.29. The first-order valence-electron chi connectivity index (χ1n) is 9.85. The summed E-state index contributed by atoms with van der Waals surface area (Å²) in [5.74, 6) is 0.880. The van der Waals surface area contributed by atoms with Gasteiger partial charge < -0.3 is 15.4 Å². The molecule has 1 fully saturated rings. The Morgan fingerprint density at radius 2 is 2.14 bits per heavy atom. The highest BCUT2D eigenvalue weighted by Gasteiger charge is 2.36. The van der Waals surface area contributed by atoms with Gasteiger partial charge in [-0.15, -0.1) is 24.0 Å². The number of rotatable bonds is 9. The van der Waals surface area contributed by atoms with Crippen LogP contribution in [-0.2, 0) is 11.3 Å². The lowest BCUT2D eigenvalue weighted by atomic mass is 9.67. The van der Waals surface area contributed by atoms with Crippen LogP contribution in [0.3, 0.4) is 0 Å². The van der Waals surface area contributed by atoms with Crippen LogP contribution < -0.4 is 10.6 Å². The lowest BCUT2D eigenvalue weighted by Crippen LogP contribution is -2.46. The third kappa shape index (κ3) is 6.20. The summed E-state index contributed by atoms with van der Waals surface area (Å²) in [6, 6.07) is 10.3. The van der Waals surface area contributed by atoms with Gasteiger partial charge in [0.1, 0.15) is 0 Å². The molecule has 0 unspecified atom stereocenters. The molecule has 0 amide bonds. The molecule has 3 rings (SSSR count). The van der Waals surface area contributed by atoms with E-state index in [0.717, 1.165) is 43.3 Å². The van der Waals surface area contributed by atoms with Gasteiger partial charge in [-0.1, -0.05) is 18.6 Å². The highest BCUT2D eigenvalue weighted by atomic mass is 127. The first-order valence-corrected chi connectivity index (χ1v) is 9.85. The number of aromatic nitrogens is 2. The van der Waals surface area contributed by atoms with Crippen LogP contribution in [0.15, 0.2) is 47.7 Å². The van der Waals surface area contributed by atoms with Crippen molar-refractivity contribution in [1.82, 2.24) is 20.4 Å². The minimum Gasteiger partial charge on any atom is -0.385 e. The zero-order valence-electron chi connectivity index (χ0n) is 16.9. The van der Waals surface area contributed by atoms with Gasteiger partial charge in [0.2, 0.25) is 0 Å². The van der Waals surface area contributed by atoms with Crippen LogP contribution in [-0.4, -0.2) is 42.5 Å². The first kappa shape index (κ1) is 22.7. The zero-order chi connectivity index (χ0) is 19.0. The van der Waals surface area contributed by atoms with Crippen molar-refractivity contribution in [3.8, 4) is 5.69 Å². The number of guanidine groups is 1. The molecule has 7 heteroatoms. The zero-order valence-corrected chi connectivity index (χ0v) is 19.2. The fraction of sp³-hybridized carbons (Fsp3) is 0.524. The van der Waals surface area contributed by atoms with Crippen molar-refractivity contribution in [2.75, 3.05) is 26.8 Å². The van der Waals surface area contributed by atoms with Gasteiger partial charge in [-0.3, -0.25) is 0 Å². The fourth-order valence-electron chi connectivity index (χ4n) is 3.51. The molecule has 0 saturated heterocycles. The predicted octanol–water partition coefficient (Wildman–Crippen LogP) is 3.75. The average molecular weight is 497 g/mol. The summed E-state index contributed by atoms with van der Waals surface area (Å²) in [5.41, 5.74) is 2.59. The highest BCUT2D eigenvalue weighted by Crippen LogP contribution is 2.43. The number of nitrogens with one attached hydrogen (secondary N) is 2. The molecule has 2 aromatic rings. The van der Waals surface area contributed by atoms with Crippen molar-refractivity contribution in [2.45, 2.75) is 39.2 Å². The Bertz CT molecular complexity index is 728. The summed E-state index contributed by atoms with van der Waals surface area (Å²) in [7, 11) is 1.78. The maximum atomic E-state index is 5.29. The number of methoxy groups -OCH3 is 1. The molecule has 1 aromatic carbocycles. The van der Waals surface area contributed by atoms with Gasteiger partial charge in [-0.25, -0.2) is 9.67 Å². The summed E-state index contributed by atoms with van der Waals surface area (Å²) in [6.45, 7) is 5.37. The second kappa shape index (κ2) is 11.4. The van der Waals surface area contributed by atoms with E-state index in [9.17, 15) is 0 Å². The largest absolute Gasteiger partial charge is 0.385 e. The van der Waals surface area contributed by atoms with Crippen molar-refractivity contribution in [2.24, 2.45) is 10.4 Å². The SMILES string of the molecule is CCNC(=NCc1cccc(-n2cccn2)c1)NCC1(CCOC)CCC1.I. The molecule has 0 bridgehead atoms. The van der Waals surface area contributed by atoms with E-state index in [1.54, 1.807) is 13.3 Å². The van der Waals surface area contributed by atoms with Crippen LogP contribution >= 0.6 is 24.0 Å². The standard InChI is InChI=1S/C21H31N5O.HI/c1-3-22-20(24-17-21(9-5-10-21)11-14-27-2)23-16-18-7-4-8-19(15-18)26-13-6-12-25-26;/h4,6-8,12-13,15H,3,5,9-11,14,16-17H2,1-2H3,(H2,22,23,24);1H. The minimum atomic E-state index is 0. The predicted molar refractivity (Wildman–Crippen MR) is 125 cm³/mol. The van der Waals surface area contributed by atoms with Crippen molar-refractivity contribution in [3.05, 3.63) is 48.3 Å². The topological polar surface area (TPSA) is 63.5 Å². The molecule has 1 aromatic heterocycles. The molecular formula is C21H32IN5O. The van der Waals surface area contributed by atoms with E-state index in [4.69, 9.17) is 9.73 Å². The first-order chi connectivity index (χ1) is 13.2. The van der Waals surface area contributed by atoms with Gasteiger partial charge in [-0.2, -0.15) is 5.10 Å². The van der Waals surface area contributed by atoms with Crippen LogP contribution in [0, 0.1) is 5.41 Å². The highest BCUT2D eigenvalue weighted by molar-refractivity contribution is 14.0. The molecule has 154 valence electrons. The second-order valence-electron chi connectivity index (χ2n) is 7.27. The molecule has 28 heavy (non-hydrogen) atoms. The molecule has 1 aliphatic rings. The van der Waals surface area contributed by atoms with Crippen molar-refractivity contribution in [3.63, 3.8) is 0 Å². The summed E-state index contributed by atoms with van der Waals surface area (Å²) in [4.78, 5) is 4.78. The molecular weight excluding hydrogens is 465 g/mol. The van der Waals surface area contributed by atoms with E-state index in [0.29, 0.717) is 12.0 Å². The Kier molecular flexibility index (Phi) is 9.24. The van der Waals surface area contributed by atoms with Gasteiger partial charge in [-0.05, 0) is 55.4 Å². The van der Waals surface area contributed by atoms with E-state index in [-0.39, 0.29) is 24.0 Å². The quantitative estimate of drug-likeness (QED) is 0.315. The van der Waals surface area contributed by atoms with Crippen LogP contribution in [0.25, 0.3) is 5.69 Å². The third-order valence-electron chi connectivity index (χ3n) is 5.33. The molecule has 0 radical (unpaired) electrons. The van der Waals surface area contributed by atoms with Crippen LogP contribution in [0.1, 0.15) is 38.2 Å².